The second-order valence-electron chi connectivity index (χ2n) is 5.31. The predicted molar refractivity (Wildman–Crippen MR) is 84.2 cm³/mol. The summed E-state index contributed by atoms with van der Waals surface area (Å²) in [6.45, 7) is 4.93. The zero-order chi connectivity index (χ0) is 15.5. The average Bonchev–Trinajstić information content (AvgIpc) is 2.40. The molecule has 1 heterocycles. The third kappa shape index (κ3) is 4.48. The quantitative estimate of drug-likeness (QED) is 0.856. The molecular formula is C14H20BrFN2O2S. The molecule has 0 aliphatic carbocycles. The predicted octanol–water partition coefficient (Wildman–Crippen LogP) is 2.74. The summed E-state index contributed by atoms with van der Waals surface area (Å²) < 4.78 is 41.5. The van der Waals surface area contributed by atoms with E-state index in [9.17, 15) is 12.8 Å². The zero-order valence-electron chi connectivity index (χ0n) is 12.0. The SMILES string of the molecule is CCCN1CCC(NS(=O)(=O)c2ccc(Br)cc2F)CC1. The van der Waals surface area contributed by atoms with E-state index in [1.54, 1.807) is 0 Å². The summed E-state index contributed by atoms with van der Waals surface area (Å²) in [5.74, 6) is -0.736. The summed E-state index contributed by atoms with van der Waals surface area (Å²) in [5, 5.41) is 0. The Hall–Kier alpha value is -0.500. The minimum atomic E-state index is -3.80. The molecule has 0 aromatic heterocycles. The molecule has 7 heteroatoms. The van der Waals surface area contributed by atoms with Crippen molar-refractivity contribution in [2.75, 3.05) is 19.6 Å². The lowest BCUT2D eigenvalue weighted by Crippen LogP contribution is -2.44. The van der Waals surface area contributed by atoms with Crippen molar-refractivity contribution in [2.24, 2.45) is 0 Å². The largest absolute Gasteiger partial charge is 0.303 e. The first-order chi connectivity index (χ1) is 9.92. The smallest absolute Gasteiger partial charge is 0.243 e. The van der Waals surface area contributed by atoms with E-state index in [1.165, 1.54) is 18.2 Å². The summed E-state index contributed by atoms with van der Waals surface area (Å²) >= 11 is 3.12. The summed E-state index contributed by atoms with van der Waals surface area (Å²) in [4.78, 5) is 2.03. The second kappa shape index (κ2) is 7.17. The monoisotopic (exact) mass is 378 g/mol. The summed E-state index contributed by atoms with van der Waals surface area (Å²) in [6, 6.07) is 3.86. The molecule has 1 saturated heterocycles. The minimum Gasteiger partial charge on any atom is -0.303 e. The van der Waals surface area contributed by atoms with E-state index in [0.717, 1.165) is 38.9 Å². The molecule has 0 saturated carbocycles. The highest BCUT2D eigenvalue weighted by Gasteiger charge is 2.26. The second-order valence-corrected chi connectivity index (χ2v) is 7.91. The van der Waals surface area contributed by atoms with Gasteiger partial charge in [0.2, 0.25) is 10.0 Å². The highest BCUT2D eigenvalue weighted by Crippen LogP contribution is 2.21. The number of piperidine rings is 1. The maximum Gasteiger partial charge on any atom is 0.243 e. The van der Waals surface area contributed by atoms with E-state index in [2.05, 4.69) is 32.5 Å². The van der Waals surface area contributed by atoms with Crippen LogP contribution in [-0.4, -0.2) is 39.0 Å². The van der Waals surface area contributed by atoms with Crippen LogP contribution in [0, 0.1) is 5.82 Å². The Kier molecular flexibility index (Phi) is 5.76. The van der Waals surface area contributed by atoms with Crippen LogP contribution in [-0.2, 0) is 10.0 Å². The molecule has 0 spiro atoms. The van der Waals surface area contributed by atoms with E-state index in [0.29, 0.717) is 4.47 Å². The van der Waals surface area contributed by atoms with Crippen LogP contribution in [0.5, 0.6) is 0 Å². The number of benzene rings is 1. The molecule has 2 rings (SSSR count). The van der Waals surface area contributed by atoms with Crippen LogP contribution < -0.4 is 4.72 Å². The zero-order valence-corrected chi connectivity index (χ0v) is 14.4. The molecule has 4 nitrogen and oxygen atoms in total. The van der Waals surface area contributed by atoms with Gasteiger partial charge in [0.1, 0.15) is 10.7 Å². The summed E-state index contributed by atoms with van der Waals surface area (Å²) in [5.41, 5.74) is 0. The number of halogens is 2. The number of rotatable bonds is 5. The molecule has 1 aliphatic rings. The Morgan fingerprint density at radius 1 is 1.38 bits per heavy atom. The summed E-state index contributed by atoms with van der Waals surface area (Å²) in [7, 11) is -3.80. The van der Waals surface area contributed by atoms with E-state index in [1.807, 2.05) is 0 Å². The molecule has 0 unspecified atom stereocenters. The molecule has 1 aliphatic heterocycles. The Morgan fingerprint density at radius 2 is 2.05 bits per heavy atom. The van der Waals surface area contributed by atoms with Crippen LogP contribution >= 0.6 is 15.9 Å². The lowest BCUT2D eigenvalue weighted by atomic mass is 10.1. The Labute approximate surface area is 133 Å². The van der Waals surface area contributed by atoms with Crippen LogP contribution in [0.2, 0.25) is 0 Å². The fourth-order valence-corrected chi connectivity index (χ4v) is 4.26. The van der Waals surface area contributed by atoms with Gasteiger partial charge in [-0.3, -0.25) is 0 Å². The number of hydrogen-bond donors (Lipinski definition) is 1. The van der Waals surface area contributed by atoms with Gasteiger partial charge >= 0.3 is 0 Å². The highest BCUT2D eigenvalue weighted by molar-refractivity contribution is 9.10. The minimum absolute atomic E-state index is 0.119. The normalized spacial score (nSPS) is 18.0. The Morgan fingerprint density at radius 3 is 2.62 bits per heavy atom. The van der Waals surface area contributed by atoms with Crippen LogP contribution in [0.4, 0.5) is 4.39 Å². The Bertz CT molecular complexity index is 587. The van der Waals surface area contributed by atoms with Gasteiger partial charge in [-0.25, -0.2) is 17.5 Å². The molecule has 21 heavy (non-hydrogen) atoms. The van der Waals surface area contributed by atoms with Gasteiger partial charge in [0, 0.05) is 10.5 Å². The Balaban J connectivity index is 2.02. The fraction of sp³-hybridized carbons (Fsp3) is 0.571. The van der Waals surface area contributed by atoms with Gasteiger partial charge in [-0.1, -0.05) is 22.9 Å². The van der Waals surface area contributed by atoms with Crippen molar-refractivity contribution >= 4 is 26.0 Å². The lowest BCUT2D eigenvalue weighted by Gasteiger charge is -2.31. The van der Waals surface area contributed by atoms with Crippen molar-refractivity contribution in [2.45, 2.75) is 37.1 Å². The van der Waals surface area contributed by atoms with E-state index in [4.69, 9.17) is 0 Å². The summed E-state index contributed by atoms with van der Waals surface area (Å²) in [6.07, 6.45) is 2.62. The fourth-order valence-electron chi connectivity index (χ4n) is 2.57. The van der Waals surface area contributed by atoms with Crippen LogP contribution in [0.25, 0.3) is 0 Å². The standard InChI is InChI=1S/C14H20BrFN2O2S/c1-2-7-18-8-5-12(6-9-18)17-21(19,20)14-4-3-11(15)10-13(14)16/h3-4,10,12,17H,2,5-9H2,1H3. The number of sulfonamides is 1. The third-order valence-corrected chi connectivity index (χ3v) is 5.68. The number of nitrogens with zero attached hydrogens (tertiary/aromatic N) is 1. The van der Waals surface area contributed by atoms with Gasteiger partial charge in [0.25, 0.3) is 0 Å². The van der Waals surface area contributed by atoms with Crippen molar-refractivity contribution in [3.63, 3.8) is 0 Å². The van der Waals surface area contributed by atoms with Gasteiger partial charge in [-0.05, 0) is 57.1 Å². The number of nitrogens with one attached hydrogen (secondary N) is 1. The van der Waals surface area contributed by atoms with Crippen molar-refractivity contribution in [3.8, 4) is 0 Å². The van der Waals surface area contributed by atoms with Crippen LogP contribution in [0.1, 0.15) is 26.2 Å². The maximum absolute atomic E-state index is 13.8. The van der Waals surface area contributed by atoms with Gasteiger partial charge in [0.15, 0.2) is 0 Å². The highest BCUT2D eigenvalue weighted by atomic mass is 79.9. The van der Waals surface area contributed by atoms with Gasteiger partial charge in [0.05, 0.1) is 0 Å². The topological polar surface area (TPSA) is 49.4 Å². The first kappa shape index (κ1) is 16.9. The van der Waals surface area contributed by atoms with E-state index in [-0.39, 0.29) is 10.9 Å². The van der Waals surface area contributed by atoms with Crippen LogP contribution in [0.15, 0.2) is 27.6 Å². The molecule has 0 atom stereocenters. The van der Waals surface area contributed by atoms with Crippen molar-refractivity contribution < 1.29 is 12.8 Å². The molecule has 1 fully saturated rings. The van der Waals surface area contributed by atoms with Crippen LogP contribution in [0.3, 0.4) is 0 Å². The molecule has 0 radical (unpaired) electrons. The molecule has 1 aromatic carbocycles. The first-order valence-electron chi connectivity index (χ1n) is 7.12. The van der Waals surface area contributed by atoms with Crippen molar-refractivity contribution in [3.05, 3.63) is 28.5 Å². The van der Waals surface area contributed by atoms with E-state index >= 15 is 0 Å². The van der Waals surface area contributed by atoms with Gasteiger partial charge < -0.3 is 4.90 Å². The molecule has 118 valence electrons. The lowest BCUT2D eigenvalue weighted by molar-refractivity contribution is 0.208. The maximum atomic E-state index is 13.8. The number of hydrogen-bond acceptors (Lipinski definition) is 3. The first-order valence-corrected chi connectivity index (χ1v) is 9.39. The molecular weight excluding hydrogens is 359 g/mol. The molecule has 1 N–H and O–H groups in total. The number of likely N-dealkylation sites (tertiary alicyclic amines) is 1. The van der Waals surface area contributed by atoms with Gasteiger partial charge in [-0.15, -0.1) is 0 Å². The third-order valence-electron chi connectivity index (χ3n) is 3.63. The molecule has 0 bridgehead atoms. The van der Waals surface area contributed by atoms with Gasteiger partial charge in [-0.2, -0.15) is 0 Å². The average molecular weight is 379 g/mol. The molecule has 1 aromatic rings. The molecule has 0 amide bonds. The van der Waals surface area contributed by atoms with Crippen molar-refractivity contribution in [1.82, 2.24) is 9.62 Å². The van der Waals surface area contributed by atoms with E-state index < -0.39 is 15.8 Å². The van der Waals surface area contributed by atoms with Crippen molar-refractivity contribution in [1.29, 1.82) is 0 Å².